The minimum atomic E-state index is 0.443. The van der Waals surface area contributed by atoms with E-state index in [0.717, 1.165) is 13.0 Å². The van der Waals surface area contributed by atoms with Gasteiger partial charge >= 0.3 is 0 Å². The molecule has 0 fully saturated rings. The molecule has 0 saturated carbocycles. The summed E-state index contributed by atoms with van der Waals surface area (Å²) in [6, 6.07) is 11.3. The van der Waals surface area contributed by atoms with E-state index in [2.05, 4.69) is 49.1 Å². The van der Waals surface area contributed by atoms with Crippen LogP contribution in [-0.2, 0) is 6.42 Å². The maximum absolute atomic E-state index is 8.83. The fraction of sp³-hybridized carbons (Fsp3) is 0.500. The van der Waals surface area contributed by atoms with Crippen LogP contribution in [0.2, 0.25) is 0 Å². The summed E-state index contributed by atoms with van der Waals surface area (Å²) in [7, 11) is 0. The van der Waals surface area contributed by atoms with Gasteiger partial charge in [0.1, 0.15) is 0 Å². The van der Waals surface area contributed by atoms with Gasteiger partial charge in [-0.2, -0.15) is 5.26 Å². The highest BCUT2D eigenvalue weighted by Crippen LogP contribution is 2.37. The van der Waals surface area contributed by atoms with E-state index >= 15 is 0 Å². The van der Waals surface area contributed by atoms with Crippen molar-refractivity contribution in [1.82, 2.24) is 4.90 Å². The highest BCUT2D eigenvalue weighted by atomic mass is 32.2. The van der Waals surface area contributed by atoms with Crippen molar-refractivity contribution in [3.63, 3.8) is 0 Å². The lowest BCUT2D eigenvalue weighted by molar-refractivity contribution is 0.250. The minimum absolute atomic E-state index is 0.443. The van der Waals surface area contributed by atoms with Crippen molar-refractivity contribution >= 4 is 11.8 Å². The summed E-state index contributed by atoms with van der Waals surface area (Å²) in [6.45, 7) is 5.85. The van der Waals surface area contributed by atoms with Gasteiger partial charge in [-0.15, -0.1) is 11.8 Å². The predicted octanol–water partition coefficient (Wildman–Crippen LogP) is 2.94. The van der Waals surface area contributed by atoms with Crippen molar-refractivity contribution in [2.75, 3.05) is 13.1 Å². The number of rotatable bonds is 4. The van der Waals surface area contributed by atoms with Crippen molar-refractivity contribution in [3.05, 3.63) is 29.8 Å². The van der Waals surface area contributed by atoms with Gasteiger partial charge in [0.05, 0.1) is 12.6 Å². The molecule has 90 valence electrons. The Hall–Kier alpha value is -0.980. The van der Waals surface area contributed by atoms with E-state index in [1.54, 1.807) is 0 Å². The highest BCUT2D eigenvalue weighted by Gasteiger charge is 2.24. The van der Waals surface area contributed by atoms with Gasteiger partial charge in [-0.3, -0.25) is 4.90 Å². The van der Waals surface area contributed by atoms with E-state index in [9.17, 15) is 0 Å². The zero-order valence-corrected chi connectivity index (χ0v) is 11.2. The molecule has 0 bridgehead atoms. The van der Waals surface area contributed by atoms with E-state index in [-0.39, 0.29) is 0 Å². The number of hydrogen-bond acceptors (Lipinski definition) is 3. The number of thioether (sulfide) groups is 1. The summed E-state index contributed by atoms with van der Waals surface area (Å²) >= 11 is 1.96. The van der Waals surface area contributed by atoms with Crippen LogP contribution < -0.4 is 0 Å². The molecule has 1 aliphatic heterocycles. The molecule has 0 spiro atoms. The van der Waals surface area contributed by atoms with E-state index < -0.39 is 0 Å². The maximum Gasteiger partial charge on any atom is 0.0868 e. The van der Waals surface area contributed by atoms with Gasteiger partial charge in [0, 0.05) is 22.7 Å². The molecule has 3 heteroatoms. The quantitative estimate of drug-likeness (QED) is 0.764. The second-order valence-corrected chi connectivity index (χ2v) is 6.08. The van der Waals surface area contributed by atoms with Crippen LogP contribution in [0.25, 0.3) is 0 Å². The van der Waals surface area contributed by atoms with Crippen LogP contribution in [0.4, 0.5) is 0 Å². The largest absolute Gasteiger partial charge is 0.287 e. The lowest BCUT2D eigenvalue weighted by Crippen LogP contribution is -2.36. The molecular formula is C14H18N2S. The summed E-state index contributed by atoms with van der Waals surface area (Å²) in [5.41, 5.74) is 1.46. The van der Waals surface area contributed by atoms with Crippen LogP contribution in [0.1, 0.15) is 19.4 Å². The van der Waals surface area contributed by atoms with Gasteiger partial charge in [-0.1, -0.05) is 18.2 Å². The minimum Gasteiger partial charge on any atom is -0.287 e. The Kier molecular flexibility index (Phi) is 4.09. The summed E-state index contributed by atoms with van der Waals surface area (Å²) < 4.78 is 0. The second kappa shape index (κ2) is 5.57. The van der Waals surface area contributed by atoms with Gasteiger partial charge in [-0.25, -0.2) is 0 Å². The number of fused-ring (bicyclic) bond motifs is 1. The predicted molar refractivity (Wildman–Crippen MR) is 72.1 cm³/mol. The van der Waals surface area contributed by atoms with E-state index in [0.29, 0.717) is 17.8 Å². The summed E-state index contributed by atoms with van der Waals surface area (Å²) in [5.74, 6) is 0. The van der Waals surface area contributed by atoms with E-state index in [1.807, 2.05) is 11.8 Å². The van der Waals surface area contributed by atoms with Crippen LogP contribution in [-0.4, -0.2) is 29.3 Å². The van der Waals surface area contributed by atoms with Crippen molar-refractivity contribution < 1.29 is 0 Å². The molecule has 1 aromatic rings. The lowest BCUT2D eigenvalue weighted by atomic mass is 10.1. The van der Waals surface area contributed by atoms with Gasteiger partial charge in [-0.05, 0) is 31.9 Å². The Balaban J connectivity index is 1.97. The molecule has 1 heterocycles. The van der Waals surface area contributed by atoms with E-state index in [1.165, 1.54) is 10.5 Å². The third-order valence-electron chi connectivity index (χ3n) is 3.16. The Morgan fingerprint density at radius 2 is 2.24 bits per heavy atom. The first-order valence-electron chi connectivity index (χ1n) is 6.06. The average Bonchev–Trinajstić information content (AvgIpc) is 2.70. The molecule has 0 aliphatic carbocycles. The maximum atomic E-state index is 8.83. The zero-order chi connectivity index (χ0) is 12.3. The first-order chi connectivity index (χ1) is 8.20. The fourth-order valence-electron chi connectivity index (χ4n) is 2.17. The van der Waals surface area contributed by atoms with Crippen LogP contribution in [0, 0.1) is 11.3 Å². The van der Waals surface area contributed by atoms with Crippen molar-refractivity contribution in [1.29, 1.82) is 5.26 Å². The van der Waals surface area contributed by atoms with Crippen molar-refractivity contribution in [3.8, 4) is 6.07 Å². The Bertz CT molecular complexity index is 397. The van der Waals surface area contributed by atoms with Crippen molar-refractivity contribution in [2.24, 2.45) is 0 Å². The van der Waals surface area contributed by atoms with Gasteiger partial charge < -0.3 is 0 Å². The van der Waals surface area contributed by atoms with Crippen LogP contribution in [0.15, 0.2) is 29.2 Å². The summed E-state index contributed by atoms with van der Waals surface area (Å²) in [6.07, 6.45) is 1.13. The van der Waals surface area contributed by atoms with E-state index in [4.69, 9.17) is 5.26 Å². The fourth-order valence-corrected chi connectivity index (χ4v) is 3.51. The molecule has 0 N–H and O–H groups in total. The molecule has 0 saturated heterocycles. The van der Waals surface area contributed by atoms with Crippen LogP contribution in [0.3, 0.4) is 0 Å². The molecule has 2 nitrogen and oxygen atoms in total. The molecule has 0 amide bonds. The van der Waals surface area contributed by atoms with Gasteiger partial charge in [0.2, 0.25) is 0 Å². The average molecular weight is 246 g/mol. The number of nitrogens with zero attached hydrogens (tertiary/aromatic N) is 2. The third kappa shape index (κ3) is 3.02. The third-order valence-corrected chi connectivity index (χ3v) is 4.46. The summed E-state index contributed by atoms with van der Waals surface area (Å²) in [4.78, 5) is 3.67. The molecule has 0 aromatic heterocycles. The monoisotopic (exact) mass is 246 g/mol. The lowest BCUT2D eigenvalue weighted by Gasteiger charge is -2.26. The number of hydrogen-bond donors (Lipinski definition) is 0. The Morgan fingerprint density at radius 1 is 1.47 bits per heavy atom. The first-order valence-corrected chi connectivity index (χ1v) is 6.94. The Morgan fingerprint density at radius 3 is 2.88 bits per heavy atom. The molecule has 1 aromatic carbocycles. The smallest absolute Gasteiger partial charge is 0.0868 e. The van der Waals surface area contributed by atoms with Crippen LogP contribution in [0.5, 0.6) is 0 Å². The molecular weight excluding hydrogens is 228 g/mol. The SMILES string of the molecule is CC(C)N(CC#N)CC1Cc2ccccc2S1. The van der Waals surface area contributed by atoms with Gasteiger partial charge in [0.25, 0.3) is 0 Å². The standard InChI is InChI=1S/C14H18N2S/c1-11(2)16(8-7-15)10-13-9-12-5-3-4-6-14(12)17-13/h3-6,11,13H,8-10H2,1-2H3. The molecule has 1 unspecified atom stereocenters. The van der Waals surface area contributed by atoms with Crippen LogP contribution >= 0.6 is 11.8 Å². The number of nitriles is 1. The topological polar surface area (TPSA) is 27.0 Å². The van der Waals surface area contributed by atoms with Gasteiger partial charge in [0.15, 0.2) is 0 Å². The molecule has 2 rings (SSSR count). The highest BCUT2D eigenvalue weighted by molar-refractivity contribution is 8.00. The molecule has 17 heavy (non-hydrogen) atoms. The summed E-state index contributed by atoms with van der Waals surface area (Å²) in [5, 5.41) is 9.43. The molecule has 1 atom stereocenters. The number of benzene rings is 1. The normalized spacial score (nSPS) is 18.4. The second-order valence-electron chi connectivity index (χ2n) is 4.73. The Labute approximate surface area is 108 Å². The zero-order valence-electron chi connectivity index (χ0n) is 10.4. The molecule has 1 aliphatic rings. The first kappa shape index (κ1) is 12.5. The molecule has 0 radical (unpaired) electrons. The van der Waals surface area contributed by atoms with Crippen molar-refractivity contribution in [2.45, 2.75) is 36.5 Å².